The quantitative estimate of drug-likeness (QED) is 0.196. The first-order valence-electron chi connectivity index (χ1n) is 14.9. The van der Waals surface area contributed by atoms with Crippen LogP contribution in [0.15, 0.2) is 170 Å². The molecule has 0 atom stereocenters. The van der Waals surface area contributed by atoms with Crippen LogP contribution >= 0.6 is 0 Å². The van der Waals surface area contributed by atoms with E-state index in [9.17, 15) is 0 Å². The van der Waals surface area contributed by atoms with Gasteiger partial charge in [-0.05, 0) is 103 Å². The fraction of sp³-hybridized carbons (Fsp3) is 0. The lowest BCUT2D eigenvalue weighted by atomic mass is 9.84. The second-order valence-corrected chi connectivity index (χ2v) is 11.0. The Bertz CT molecular complexity index is 2180. The van der Waals surface area contributed by atoms with Crippen LogP contribution in [0.3, 0.4) is 0 Å². The van der Waals surface area contributed by atoms with Crippen LogP contribution in [0.2, 0.25) is 0 Å². The summed E-state index contributed by atoms with van der Waals surface area (Å²) < 4.78 is 0. The van der Waals surface area contributed by atoms with Gasteiger partial charge in [0, 0.05) is 23.5 Å². The van der Waals surface area contributed by atoms with Crippen molar-refractivity contribution in [1.29, 1.82) is 0 Å². The molecule has 0 saturated carbocycles. The van der Waals surface area contributed by atoms with Crippen molar-refractivity contribution in [3.8, 4) is 55.9 Å². The van der Waals surface area contributed by atoms with E-state index in [-0.39, 0.29) is 0 Å². The van der Waals surface area contributed by atoms with Gasteiger partial charge < -0.3 is 0 Å². The van der Waals surface area contributed by atoms with Crippen molar-refractivity contribution in [2.75, 3.05) is 0 Å². The summed E-state index contributed by atoms with van der Waals surface area (Å²) in [5, 5.41) is 4.98. The molecule has 0 aliphatic heterocycles. The van der Waals surface area contributed by atoms with Crippen molar-refractivity contribution < 1.29 is 0 Å². The molecule has 0 bridgehead atoms. The zero-order valence-corrected chi connectivity index (χ0v) is 24.1. The lowest BCUT2D eigenvalue weighted by molar-refractivity contribution is 1.31. The molecule has 0 fully saturated rings. The third-order valence-electron chi connectivity index (χ3n) is 8.34. The van der Waals surface area contributed by atoms with Crippen molar-refractivity contribution in [2.45, 2.75) is 0 Å². The third kappa shape index (κ3) is 4.63. The van der Waals surface area contributed by atoms with Crippen molar-refractivity contribution in [1.82, 2.24) is 9.97 Å². The second kappa shape index (κ2) is 11.1. The lowest BCUT2D eigenvalue weighted by Gasteiger charge is -2.19. The van der Waals surface area contributed by atoms with Crippen LogP contribution in [0.25, 0.3) is 77.4 Å². The van der Waals surface area contributed by atoms with E-state index in [1.165, 1.54) is 43.8 Å². The zero-order chi connectivity index (χ0) is 29.3. The molecule has 0 spiro atoms. The number of nitrogens with zero attached hydrogens (tertiary/aromatic N) is 2. The number of hydrogen-bond donors (Lipinski definition) is 0. The molecule has 6 aromatic carbocycles. The maximum absolute atomic E-state index is 4.68. The Hall–Kier alpha value is -5.86. The van der Waals surface area contributed by atoms with E-state index >= 15 is 0 Å². The fourth-order valence-electron chi connectivity index (χ4n) is 6.35. The molecule has 2 heteroatoms. The Morgan fingerprint density at radius 2 is 0.727 bits per heavy atom. The van der Waals surface area contributed by atoms with Crippen LogP contribution in [-0.2, 0) is 0 Å². The zero-order valence-electron chi connectivity index (χ0n) is 24.1. The van der Waals surface area contributed by atoms with Gasteiger partial charge in [-0.2, -0.15) is 0 Å². The maximum Gasteiger partial charge on any atom is 0.0702 e. The summed E-state index contributed by atoms with van der Waals surface area (Å²) in [4.78, 5) is 9.36. The number of fused-ring (bicyclic) bond motifs is 2. The molecule has 2 aromatic heterocycles. The average molecular weight is 561 g/mol. The van der Waals surface area contributed by atoms with Gasteiger partial charge in [0.05, 0.1) is 11.4 Å². The predicted molar refractivity (Wildman–Crippen MR) is 184 cm³/mol. The number of benzene rings is 6. The van der Waals surface area contributed by atoms with Crippen LogP contribution in [0.5, 0.6) is 0 Å². The van der Waals surface area contributed by atoms with Gasteiger partial charge in [-0.25, -0.2) is 0 Å². The average Bonchev–Trinajstić information content (AvgIpc) is 3.11. The first kappa shape index (κ1) is 25.8. The Balaban J connectivity index is 1.44. The molecule has 206 valence electrons. The third-order valence-corrected chi connectivity index (χ3v) is 8.34. The molecular formula is C42H28N2. The smallest absolute Gasteiger partial charge is 0.0702 e. The largest absolute Gasteiger partial charge is 0.256 e. The highest BCUT2D eigenvalue weighted by molar-refractivity contribution is 6.22. The molecule has 2 nitrogen and oxygen atoms in total. The standard InChI is InChI=1S/C42H28N2/c1-3-13-29(14-4-1)41-35-17-7-8-18-36(35)42(30-15-5-2-6-16-30)38-28-31(21-22-37(38)41)32-25-33(39-19-9-11-23-43-39)27-34(26-32)40-20-10-12-24-44-40/h1-28H. The molecule has 0 radical (unpaired) electrons. The van der Waals surface area contributed by atoms with Gasteiger partial charge in [0.15, 0.2) is 0 Å². The van der Waals surface area contributed by atoms with E-state index < -0.39 is 0 Å². The van der Waals surface area contributed by atoms with Crippen LogP contribution in [0.1, 0.15) is 0 Å². The summed E-state index contributed by atoms with van der Waals surface area (Å²) in [6, 6.07) is 56.1. The van der Waals surface area contributed by atoms with Crippen molar-refractivity contribution in [2.24, 2.45) is 0 Å². The summed E-state index contributed by atoms with van der Waals surface area (Å²) >= 11 is 0. The minimum Gasteiger partial charge on any atom is -0.256 e. The van der Waals surface area contributed by atoms with Crippen LogP contribution < -0.4 is 0 Å². The Labute approximate surface area is 257 Å². The van der Waals surface area contributed by atoms with Gasteiger partial charge in [-0.1, -0.05) is 109 Å². The molecule has 44 heavy (non-hydrogen) atoms. The van der Waals surface area contributed by atoms with E-state index in [2.05, 4.69) is 143 Å². The monoisotopic (exact) mass is 560 g/mol. The van der Waals surface area contributed by atoms with E-state index in [1.807, 2.05) is 36.7 Å². The van der Waals surface area contributed by atoms with Crippen LogP contribution in [-0.4, -0.2) is 9.97 Å². The van der Waals surface area contributed by atoms with Crippen molar-refractivity contribution in [3.05, 3.63) is 170 Å². The van der Waals surface area contributed by atoms with Crippen LogP contribution in [0.4, 0.5) is 0 Å². The predicted octanol–water partition coefficient (Wildman–Crippen LogP) is 11.1. The number of hydrogen-bond acceptors (Lipinski definition) is 2. The molecule has 8 rings (SSSR count). The summed E-state index contributed by atoms with van der Waals surface area (Å²) in [6.45, 7) is 0. The number of rotatable bonds is 5. The molecule has 0 unspecified atom stereocenters. The van der Waals surface area contributed by atoms with Crippen molar-refractivity contribution >= 4 is 21.5 Å². The summed E-state index contributed by atoms with van der Waals surface area (Å²) in [6.07, 6.45) is 3.70. The van der Waals surface area contributed by atoms with Gasteiger partial charge >= 0.3 is 0 Å². The van der Waals surface area contributed by atoms with Gasteiger partial charge in [0.2, 0.25) is 0 Å². The van der Waals surface area contributed by atoms with Gasteiger partial charge in [0.1, 0.15) is 0 Å². The highest BCUT2D eigenvalue weighted by atomic mass is 14.7. The van der Waals surface area contributed by atoms with Crippen molar-refractivity contribution in [3.63, 3.8) is 0 Å². The minimum atomic E-state index is 0.939. The molecular weight excluding hydrogens is 532 g/mol. The molecule has 2 heterocycles. The lowest BCUT2D eigenvalue weighted by Crippen LogP contribution is -1.92. The SMILES string of the molecule is c1ccc(-c2c3ccccc3c(-c3ccccc3)c3cc(-c4cc(-c5ccccn5)cc(-c5ccccn5)c4)ccc23)cc1. The second-order valence-electron chi connectivity index (χ2n) is 11.0. The Morgan fingerprint density at radius 1 is 0.273 bits per heavy atom. The minimum absolute atomic E-state index is 0.939. The Kier molecular flexibility index (Phi) is 6.51. The number of aromatic nitrogens is 2. The number of pyridine rings is 2. The molecule has 0 N–H and O–H groups in total. The summed E-state index contributed by atoms with van der Waals surface area (Å²) in [5.41, 5.74) is 11.2. The van der Waals surface area contributed by atoms with E-state index in [0.717, 1.165) is 33.6 Å². The van der Waals surface area contributed by atoms with E-state index in [0.29, 0.717) is 0 Å². The topological polar surface area (TPSA) is 25.8 Å². The van der Waals surface area contributed by atoms with Crippen LogP contribution in [0, 0.1) is 0 Å². The molecule has 8 aromatic rings. The molecule has 0 aliphatic rings. The van der Waals surface area contributed by atoms with E-state index in [4.69, 9.17) is 0 Å². The molecule has 0 amide bonds. The molecule has 0 saturated heterocycles. The summed E-state index contributed by atoms with van der Waals surface area (Å²) in [5.74, 6) is 0. The van der Waals surface area contributed by atoms with E-state index in [1.54, 1.807) is 0 Å². The highest BCUT2D eigenvalue weighted by Gasteiger charge is 2.18. The highest BCUT2D eigenvalue weighted by Crippen LogP contribution is 2.45. The molecule has 0 aliphatic carbocycles. The first-order valence-corrected chi connectivity index (χ1v) is 14.9. The normalized spacial score (nSPS) is 11.2. The van der Waals surface area contributed by atoms with Gasteiger partial charge in [-0.15, -0.1) is 0 Å². The first-order chi connectivity index (χ1) is 21.8. The van der Waals surface area contributed by atoms with Gasteiger partial charge in [0.25, 0.3) is 0 Å². The van der Waals surface area contributed by atoms with Gasteiger partial charge in [-0.3, -0.25) is 9.97 Å². The summed E-state index contributed by atoms with van der Waals surface area (Å²) in [7, 11) is 0. The fourth-order valence-corrected chi connectivity index (χ4v) is 6.35. The maximum atomic E-state index is 4.68. The Morgan fingerprint density at radius 3 is 1.25 bits per heavy atom.